The van der Waals surface area contributed by atoms with Gasteiger partial charge in [-0.15, -0.1) is 0 Å². The van der Waals surface area contributed by atoms with Crippen LogP contribution in [-0.2, 0) is 10.1 Å². The van der Waals surface area contributed by atoms with Gasteiger partial charge >= 0.3 is 15.6 Å². The first-order valence-electron chi connectivity index (χ1n) is 5.97. The number of aliphatic hydroxyl groups is 1. The Kier molecular flexibility index (Phi) is 5.11. The van der Waals surface area contributed by atoms with Crippen molar-refractivity contribution >= 4 is 15.8 Å². The Morgan fingerprint density at radius 2 is 1.71 bits per heavy atom. The van der Waals surface area contributed by atoms with Gasteiger partial charge in [-0.1, -0.05) is 0 Å². The van der Waals surface area contributed by atoms with Crippen LogP contribution in [0, 0.1) is 0 Å². The quantitative estimate of drug-likeness (QED) is 0.620. The zero-order chi connectivity index (χ0) is 16.3. The summed E-state index contributed by atoms with van der Waals surface area (Å²) in [5.74, 6) is -0.433. The molecule has 0 unspecified atom stereocenters. The van der Waals surface area contributed by atoms with Gasteiger partial charge in [0.2, 0.25) is 0 Å². The van der Waals surface area contributed by atoms with E-state index in [1.807, 2.05) is 13.8 Å². The number of nitrogens with one attached hydrogen (secondary N) is 1. The lowest BCUT2D eigenvalue weighted by atomic mass is 10.0. The molecule has 0 aliphatic heterocycles. The van der Waals surface area contributed by atoms with E-state index in [0.29, 0.717) is 12.1 Å². The topological polar surface area (TPSA) is 75.6 Å². The molecule has 1 rings (SSSR count). The van der Waals surface area contributed by atoms with Gasteiger partial charge in [0.1, 0.15) is 5.75 Å². The summed E-state index contributed by atoms with van der Waals surface area (Å²) >= 11 is 0. The molecule has 2 N–H and O–H groups in total. The molecule has 21 heavy (non-hydrogen) atoms. The van der Waals surface area contributed by atoms with Crippen molar-refractivity contribution in [2.75, 3.05) is 11.9 Å². The molecule has 120 valence electrons. The summed E-state index contributed by atoms with van der Waals surface area (Å²) in [6.07, 6.45) is 0.466. The number of halogens is 3. The Hall–Kier alpha value is -1.48. The minimum Gasteiger partial charge on any atom is -0.396 e. The molecule has 0 spiro atoms. The van der Waals surface area contributed by atoms with Crippen LogP contribution >= 0.6 is 0 Å². The molecular weight excluding hydrogens is 311 g/mol. The first kappa shape index (κ1) is 17.6. The highest BCUT2D eigenvalue weighted by Gasteiger charge is 2.48. The molecule has 0 saturated carbocycles. The van der Waals surface area contributed by atoms with Crippen molar-refractivity contribution in [3.63, 3.8) is 0 Å². The number of hydrogen-bond donors (Lipinski definition) is 2. The minimum absolute atomic E-state index is 0.0228. The van der Waals surface area contributed by atoms with Crippen LogP contribution in [-0.4, -0.2) is 31.2 Å². The third-order valence-corrected chi connectivity index (χ3v) is 3.54. The lowest BCUT2D eigenvalue weighted by Crippen LogP contribution is -2.31. The zero-order valence-electron chi connectivity index (χ0n) is 11.4. The minimum atomic E-state index is -5.66. The van der Waals surface area contributed by atoms with Crippen molar-refractivity contribution in [3.8, 4) is 5.75 Å². The average molecular weight is 327 g/mol. The van der Waals surface area contributed by atoms with E-state index in [2.05, 4.69) is 9.50 Å². The second-order valence-corrected chi connectivity index (χ2v) is 6.53. The SMILES string of the molecule is CC(C)(CCO)Nc1ccc(OS(=O)(=O)C(F)(F)F)cc1. The third-order valence-electron chi connectivity index (χ3n) is 2.56. The van der Waals surface area contributed by atoms with E-state index in [4.69, 9.17) is 5.11 Å². The smallest absolute Gasteiger partial charge is 0.396 e. The molecule has 0 bridgehead atoms. The van der Waals surface area contributed by atoms with E-state index < -0.39 is 26.9 Å². The Bertz CT molecular complexity index is 567. The average Bonchev–Trinajstić information content (AvgIpc) is 2.29. The summed E-state index contributed by atoms with van der Waals surface area (Å²) in [5.41, 5.74) is -5.33. The van der Waals surface area contributed by atoms with E-state index in [1.54, 1.807) is 0 Å². The van der Waals surface area contributed by atoms with Crippen molar-refractivity contribution < 1.29 is 30.9 Å². The van der Waals surface area contributed by atoms with Gasteiger partial charge in [0.05, 0.1) is 0 Å². The maximum Gasteiger partial charge on any atom is 0.534 e. The fraction of sp³-hybridized carbons (Fsp3) is 0.500. The third kappa shape index (κ3) is 5.09. The van der Waals surface area contributed by atoms with Crippen LogP contribution in [0.3, 0.4) is 0 Å². The van der Waals surface area contributed by atoms with Gasteiger partial charge in [0, 0.05) is 17.8 Å². The van der Waals surface area contributed by atoms with Crippen LogP contribution in [0.1, 0.15) is 20.3 Å². The van der Waals surface area contributed by atoms with E-state index in [1.165, 1.54) is 12.1 Å². The van der Waals surface area contributed by atoms with Gasteiger partial charge in [-0.25, -0.2) is 0 Å². The summed E-state index contributed by atoms with van der Waals surface area (Å²) in [6, 6.07) is 5.00. The first-order chi connectivity index (χ1) is 9.47. The molecule has 0 saturated heterocycles. The first-order valence-corrected chi connectivity index (χ1v) is 7.37. The Balaban J connectivity index is 2.80. The molecule has 0 aromatic heterocycles. The summed E-state index contributed by atoms with van der Waals surface area (Å²) in [4.78, 5) is 0. The number of rotatable bonds is 6. The molecule has 0 radical (unpaired) electrons. The van der Waals surface area contributed by atoms with Gasteiger partial charge < -0.3 is 14.6 Å². The van der Waals surface area contributed by atoms with Gasteiger partial charge in [-0.05, 0) is 44.5 Å². The standard InChI is InChI=1S/C12H16F3NO4S/c1-11(2,7-8-17)16-9-3-5-10(6-4-9)20-21(18,19)12(13,14)15/h3-6,16-17H,7-8H2,1-2H3. The van der Waals surface area contributed by atoms with Crippen molar-refractivity contribution in [1.29, 1.82) is 0 Å². The lowest BCUT2D eigenvalue weighted by molar-refractivity contribution is -0.0500. The maximum atomic E-state index is 12.2. The maximum absolute atomic E-state index is 12.2. The highest BCUT2D eigenvalue weighted by molar-refractivity contribution is 7.87. The van der Waals surface area contributed by atoms with Gasteiger partial charge in [0.25, 0.3) is 0 Å². The molecule has 9 heteroatoms. The summed E-state index contributed by atoms with van der Waals surface area (Å²) in [5, 5.41) is 11.9. The van der Waals surface area contributed by atoms with Crippen molar-refractivity contribution in [2.45, 2.75) is 31.3 Å². The predicted molar refractivity (Wildman–Crippen MR) is 71.4 cm³/mol. The summed E-state index contributed by atoms with van der Waals surface area (Å²) < 4.78 is 62.1. The number of anilines is 1. The van der Waals surface area contributed by atoms with Crippen LogP contribution < -0.4 is 9.50 Å². The largest absolute Gasteiger partial charge is 0.534 e. The highest BCUT2D eigenvalue weighted by Crippen LogP contribution is 2.28. The molecule has 0 heterocycles. The van der Waals surface area contributed by atoms with Crippen LogP contribution in [0.25, 0.3) is 0 Å². The van der Waals surface area contributed by atoms with Crippen LogP contribution in [0.2, 0.25) is 0 Å². The van der Waals surface area contributed by atoms with Crippen molar-refractivity contribution in [3.05, 3.63) is 24.3 Å². The van der Waals surface area contributed by atoms with E-state index in [9.17, 15) is 21.6 Å². The Labute approximate surface area is 120 Å². The fourth-order valence-electron chi connectivity index (χ4n) is 1.50. The number of hydrogen-bond acceptors (Lipinski definition) is 5. The summed E-state index contributed by atoms with van der Waals surface area (Å²) in [6.45, 7) is 3.65. The van der Waals surface area contributed by atoms with Gasteiger partial charge in [0.15, 0.2) is 0 Å². The van der Waals surface area contributed by atoms with Crippen molar-refractivity contribution in [2.24, 2.45) is 0 Å². The zero-order valence-corrected chi connectivity index (χ0v) is 12.3. The predicted octanol–water partition coefficient (Wildman–Crippen LogP) is 2.49. The second kappa shape index (κ2) is 6.10. The molecule has 0 aliphatic carbocycles. The molecule has 0 atom stereocenters. The number of benzene rings is 1. The molecular formula is C12H16F3NO4S. The summed E-state index contributed by atoms with van der Waals surface area (Å²) in [7, 11) is -5.66. The monoisotopic (exact) mass is 327 g/mol. The Morgan fingerprint density at radius 1 is 1.19 bits per heavy atom. The van der Waals surface area contributed by atoms with Crippen LogP contribution in [0.4, 0.5) is 18.9 Å². The highest BCUT2D eigenvalue weighted by atomic mass is 32.2. The molecule has 0 amide bonds. The van der Waals surface area contributed by atoms with E-state index in [0.717, 1.165) is 12.1 Å². The van der Waals surface area contributed by atoms with Crippen molar-refractivity contribution in [1.82, 2.24) is 0 Å². The molecule has 1 aromatic carbocycles. The number of aliphatic hydroxyl groups excluding tert-OH is 1. The molecule has 1 aromatic rings. The Morgan fingerprint density at radius 3 is 2.14 bits per heavy atom. The second-order valence-electron chi connectivity index (χ2n) is 4.99. The molecule has 0 aliphatic rings. The van der Waals surface area contributed by atoms with Crippen LogP contribution in [0.5, 0.6) is 5.75 Å². The molecule has 0 fully saturated rings. The normalized spacial score (nSPS) is 13.0. The molecule has 5 nitrogen and oxygen atoms in total. The van der Waals surface area contributed by atoms with Gasteiger partial charge in [-0.3, -0.25) is 0 Å². The van der Waals surface area contributed by atoms with Gasteiger partial charge in [-0.2, -0.15) is 21.6 Å². The fourth-order valence-corrected chi connectivity index (χ4v) is 1.96. The number of alkyl halides is 3. The van der Waals surface area contributed by atoms with E-state index in [-0.39, 0.29) is 6.61 Å². The lowest BCUT2D eigenvalue weighted by Gasteiger charge is -2.26. The van der Waals surface area contributed by atoms with Crippen LogP contribution in [0.15, 0.2) is 24.3 Å². The van der Waals surface area contributed by atoms with E-state index >= 15 is 0 Å².